The highest BCUT2D eigenvalue weighted by Gasteiger charge is 2.29. The predicted octanol–water partition coefficient (Wildman–Crippen LogP) is 4.34. The Balaban J connectivity index is 1.69. The third-order valence-electron chi connectivity index (χ3n) is 5.35. The molecule has 0 saturated heterocycles. The first-order chi connectivity index (χ1) is 14.4. The van der Waals surface area contributed by atoms with Crippen molar-refractivity contribution in [3.8, 4) is 11.3 Å². The van der Waals surface area contributed by atoms with Crippen LogP contribution in [0.2, 0.25) is 0 Å². The van der Waals surface area contributed by atoms with Crippen molar-refractivity contribution in [2.75, 3.05) is 0 Å². The summed E-state index contributed by atoms with van der Waals surface area (Å²) in [6.07, 6.45) is 0.771. The Labute approximate surface area is 171 Å². The van der Waals surface area contributed by atoms with Gasteiger partial charge in [0.2, 0.25) is 5.78 Å². The molecule has 1 N–H and O–H groups in total. The largest absolute Gasteiger partial charge is 0.464 e. The minimum Gasteiger partial charge on any atom is -0.464 e. The number of carboxylic acid groups (broad SMARTS) is 1. The molecule has 8 nitrogen and oxygen atoms in total. The molecular weight excluding hydrogens is 384 g/mol. The molecule has 150 valence electrons. The van der Waals surface area contributed by atoms with E-state index in [1.807, 2.05) is 6.92 Å². The van der Waals surface area contributed by atoms with Crippen molar-refractivity contribution in [2.45, 2.75) is 32.6 Å². The predicted molar refractivity (Wildman–Crippen MR) is 108 cm³/mol. The number of carbonyl (C=O) groups is 2. The van der Waals surface area contributed by atoms with Crippen molar-refractivity contribution in [1.29, 1.82) is 0 Å². The lowest BCUT2D eigenvalue weighted by atomic mass is 10.0. The molecule has 8 heteroatoms. The van der Waals surface area contributed by atoms with Crippen molar-refractivity contribution in [3.05, 3.63) is 64.9 Å². The number of imidazole rings is 1. The summed E-state index contributed by atoms with van der Waals surface area (Å²) >= 11 is 0. The molecule has 5 rings (SSSR count). The van der Waals surface area contributed by atoms with Gasteiger partial charge in [0.05, 0.1) is 28.0 Å². The van der Waals surface area contributed by atoms with Gasteiger partial charge in [0.1, 0.15) is 5.76 Å². The Morgan fingerprint density at radius 3 is 2.57 bits per heavy atom. The molecule has 3 aromatic heterocycles. The molecule has 0 unspecified atom stereocenters. The van der Waals surface area contributed by atoms with E-state index in [4.69, 9.17) is 9.51 Å². The van der Waals surface area contributed by atoms with Gasteiger partial charge in [0.15, 0.2) is 5.82 Å². The Kier molecular flexibility index (Phi) is 4.02. The molecule has 0 radical (unpaired) electrons. The average molecular weight is 402 g/mol. The van der Waals surface area contributed by atoms with Crippen LogP contribution in [0, 0.1) is 13.8 Å². The summed E-state index contributed by atoms with van der Waals surface area (Å²) < 4.78 is 6.21. The second-order valence-electron chi connectivity index (χ2n) is 7.51. The summed E-state index contributed by atoms with van der Waals surface area (Å²) in [5, 5.41) is 13.7. The van der Waals surface area contributed by atoms with Crippen LogP contribution in [0.15, 0.2) is 40.9 Å². The van der Waals surface area contributed by atoms with Crippen LogP contribution in [-0.4, -0.2) is 36.7 Å². The summed E-state index contributed by atoms with van der Waals surface area (Å²) in [6.45, 7) is 3.62. The van der Waals surface area contributed by atoms with Gasteiger partial charge < -0.3 is 9.63 Å². The SMILES string of the molecule is Cc1noc(C)c1-c1cc(C(=O)c2nc3ccccc3n2C(=O)O)cc(C2CC2)n1. The van der Waals surface area contributed by atoms with Crippen LogP contribution < -0.4 is 0 Å². The lowest BCUT2D eigenvalue weighted by Crippen LogP contribution is -2.17. The fourth-order valence-electron chi connectivity index (χ4n) is 3.75. The Hall–Kier alpha value is -3.81. The van der Waals surface area contributed by atoms with Gasteiger partial charge in [0, 0.05) is 17.2 Å². The molecule has 30 heavy (non-hydrogen) atoms. The van der Waals surface area contributed by atoms with Crippen molar-refractivity contribution in [3.63, 3.8) is 0 Å². The highest BCUT2D eigenvalue weighted by Crippen LogP contribution is 2.40. The molecule has 0 bridgehead atoms. The monoisotopic (exact) mass is 402 g/mol. The Morgan fingerprint density at radius 1 is 1.13 bits per heavy atom. The molecule has 1 aliphatic carbocycles. The number of benzene rings is 1. The van der Waals surface area contributed by atoms with E-state index >= 15 is 0 Å². The normalized spacial score (nSPS) is 13.7. The van der Waals surface area contributed by atoms with Crippen LogP contribution in [0.3, 0.4) is 0 Å². The van der Waals surface area contributed by atoms with E-state index in [0.717, 1.165) is 28.7 Å². The summed E-state index contributed by atoms with van der Waals surface area (Å²) in [7, 11) is 0. The van der Waals surface area contributed by atoms with Gasteiger partial charge in [-0.1, -0.05) is 17.3 Å². The summed E-state index contributed by atoms with van der Waals surface area (Å²) in [6, 6.07) is 10.2. The number of nitrogens with zero attached hydrogens (tertiary/aromatic N) is 4. The first-order valence-electron chi connectivity index (χ1n) is 9.64. The van der Waals surface area contributed by atoms with Gasteiger partial charge >= 0.3 is 6.09 Å². The summed E-state index contributed by atoms with van der Waals surface area (Å²) in [5.41, 5.74) is 4.01. The standard InChI is InChI=1S/C22H18N4O4/c1-11-19(12(2)30-25-11)17-10-14(9-16(23-17)13-7-8-13)20(27)21-24-15-5-3-4-6-18(15)26(21)22(28)29/h3-6,9-10,13H,7-8H2,1-2H3,(H,28,29). The van der Waals surface area contributed by atoms with Gasteiger partial charge in [-0.25, -0.2) is 14.3 Å². The van der Waals surface area contributed by atoms with E-state index in [-0.39, 0.29) is 5.82 Å². The Bertz CT molecular complexity index is 1310. The quantitative estimate of drug-likeness (QED) is 0.506. The fraction of sp³-hybridized carbons (Fsp3) is 0.227. The van der Waals surface area contributed by atoms with Crippen molar-refractivity contribution < 1.29 is 19.2 Å². The number of aromatic nitrogens is 4. The molecule has 1 fully saturated rings. The minimum absolute atomic E-state index is 0.138. The number of para-hydroxylation sites is 2. The maximum Gasteiger partial charge on any atom is 0.417 e. The van der Waals surface area contributed by atoms with Crippen molar-refractivity contribution >= 4 is 22.9 Å². The smallest absolute Gasteiger partial charge is 0.417 e. The molecule has 4 aromatic rings. The molecule has 1 saturated carbocycles. The van der Waals surface area contributed by atoms with Gasteiger partial charge in [-0.3, -0.25) is 9.78 Å². The van der Waals surface area contributed by atoms with Gasteiger partial charge in [-0.05, 0) is 51.0 Å². The maximum atomic E-state index is 13.4. The van der Waals surface area contributed by atoms with Crippen LogP contribution in [0.5, 0.6) is 0 Å². The molecule has 0 atom stereocenters. The van der Waals surface area contributed by atoms with Gasteiger partial charge in [-0.2, -0.15) is 0 Å². The molecule has 0 spiro atoms. The summed E-state index contributed by atoms with van der Waals surface area (Å²) in [5.74, 6) is 0.312. The number of hydrogen-bond donors (Lipinski definition) is 1. The minimum atomic E-state index is -1.26. The van der Waals surface area contributed by atoms with Crippen LogP contribution in [0.25, 0.3) is 22.3 Å². The molecule has 1 aliphatic rings. The number of aryl methyl sites for hydroxylation is 2. The number of fused-ring (bicyclic) bond motifs is 1. The van der Waals surface area contributed by atoms with Gasteiger partial charge in [0.25, 0.3) is 0 Å². The fourth-order valence-corrected chi connectivity index (χ4v) is 3.75. The number of rotatable bonds is 4. The maximum absolute atomic E-state index is 13.4. The van der Waals surface area contributed by atoms with E-state index < -0.39 is 11.9 Å². The zero-order valence-electron chi connectivity index (χ0n) is 16.4. The van der Waals surface area contributed by atoms with Crippen molar-refractivity contribution in [1.82, 2.24) is 19.7 Å². The number of hydrogen-bond acceptors (Lipinski definition) is 6. The average Bonchev–Trinajstić information content (AvgIpc) is 3.43. The van der Waals surface area contributed by atoms with Crippen LogP contribution in [-0.2, 0) is 0 Å². The number of ketones is 1. The van der Waals surface area contributed by atoms with E-state index in [2.05, 4.69) is 10.1 Å². The van der Waals surface area contributed by atoms with Gasteiger partial charge in [-0.15, -0.1) is 0 Å². The third kappa shape index (κ3) is 2.88. The second-order valence-corrected chi connectivity index (χ2v) is 7.51. The first kappa shape index (κ1) is 18.2. The van der Waals surface area contributed by atoms with Crippen LogP contribution in [0.4, 0.5) is 4.79 Å². The Morgan fingerprint density at radius 2 is 1.90 bits per heavy atom. The highest BCUT2D eigenvalue weighted by atomic mass is 16.5. The van der Waals surface area contributed by atoms with E-state index in [1.165, 1.54) is 0 Å². The first-order valence-corrected chi connectivity index (χ1v) is 9.64. The third-order valence-corrected chi connectivity index (χ3v) is 5.35. The van der Waals surface area contributed by atoms with Crippen LogP contribution in [0.1, 0.15) is 52.1 Å². The number of pyridine rings is 1. The van der Waals surface area contributed by atoms with E-state index in [9.17, 15) is 14.7 Å². The lowest BCUT2D eigenvalue weighted by Gasteiger charge is -2.08. The molecule has 0 amide bonds. The zero-order chi connectivity index (χ0) is 21.0. The highest BCUT2D eigenvalue weighted by molar-refractivity contribution is 6.11. The second kappa shape index (κ2) is 6.62. The topological polar surface area (TPSA) is 111 Å². The molecule has 1 aromatic carbocycles. The van der Waals surface area contributed by atoms with Crippen LogP contribution >= 0.6 is 0 Å². The zero-order valence-corrected chi connectivity index (χ0v) is 16.4. The van der Waals surface area contributed by atoms with E-state index in [0.29, 0.717) is 39.7 Å². The van der Waals surface area contributed by atoms with E-state index in [1.54, 1.807) is 43.3 Å². The lowest BCUT2D eigenvalue weighted by molar-refractivity contribution is 0.102. The van der Waals surface area contributed by atoms with Crippen molar-refractivity contribution in [2.24, 2.45) is 0 Å². The molecular formula is C22H18N4O4. The molecule has 3 heterocycles. The summed E-state index contributed by atoms with van der Waals surface area (Å²) in [4.78, 5) is 34.4. The molecule has 0 aliphatic heterocycles. The number of carbonyl (C=O) groups excluding carboxylic acids is 1.